The Kier molecular flexibility index (Phi) is 5.15. The molecule has 0 aliphatic carbocycles. The number of benzene rings is 1. The number of ether oxygens (including phenoxy) is 1. The number of halogens is 2. The maximum Gasteiger partial charge on any atom is 0.257 e. The van der Waals surface area contributed by atoms with Crippen LogP contribution >= 0.6 is 11.6 Å². The molecule has 1 aliphatic rings. The molecule has 0 saturated carbocycles. The maximum atomic E-state index is 13.1. The molecule has 0 bridgehead atoms. The van der Waals surface area contributed by atoms with Gasteiger partial charge in [-0.15, -0.1) is 0 Å². The first-order valence-corrected chi connectivity index (χ1v) is 8.28. The predicted molar refractivity (Wildman–Crippen MR) is 93.9 cm³/mol. The standard InChI is InChI=1S/C17H18ClFN4O2/c1-10-15(22-16(24)13-4-3-12(19)9-14(13)18)11(2)21-17(20-10)23-5-7-25-8-6-23/h3-4,9H,5-8H2,1-2H3,(H,22,24). The second kappa shape index (κ2) is 7.33. The van der Waals surface area contributed by atoms with Crippen molar-refractivity contribution in [3.63, 3.8) is 0 Å². The lowest BCUT2D eigenvalue weighted by atomic mass is 10.2. The Morgan fingerprint density at radius 1 is 1.24 bits per heavy atom. The molecule has 1 fully saturated rings. The summed E-state index contributed by atoms with van der Waals surface area (Å²) in [7, 11) is 0. The molecule has 1 aliphatic heterocycles. The molecule has 1 amide bonds. The molecule has 8 heteroatoms. The fraction of sp³-hybridized carbons (Fsp3) is 0.353. The van der Waals surface area contributed by atoms with Crippen molar-refractivity contribution in [2.45, 2.75) is 13.8 Å². The molecule has 3 rings (SSSR count). The Morgan fingerprint density at radius 3 is 2.48 bits per heavy atom. The molecule has 1 saturated heterocycles. The second-order valence-electron chi connectivity index (χ2n) is 5.75. The van der Waals surface area contributed by atoms with E-state index < -0.39 is 11.7 Å². The summed E-state index contributed by atoms with van der Waals surface area (Å²) in [6.45, 7) is 6.36. The van der Waals surface area contributed by atoms with Crippen molar-refractivity contribution in [2.24, 2.45) is 0 Å². The summed E-state index contributed by atoms with van der Waals surface area (Å²) < 4.78 is 18.5. The van der Waals surface area contributed by atoms with Gasteiger partial charge in [0.1, 0.15) is 5.82 Å². The van der Waals surface area contributed by atoms with Crippen LogP contribution < -0.4 is 10.2 Å². The van der Waals surface area contributed by atoms with E-state index in [0.29, 0.717) is 36.2 Å². The lowest BCUT2D eigenvalue weighted by Crippen LogP contribution is -2.37. The number of anilines is 2. The van der Waals surface area contributed by atoms with Crippen LogP contribution in [0.1, 0.15) is 21.7 Å². The van der Waals surface area contributed by atoms with Gasteiger partial charge in [-0.25, -0.2) is 14.4 Å². The minimum atomic E-state index is -0.493. The van der Waals surface area contributed by atoms with Gasteiger partial charge in [-0.2, -0.15) is 0 Å². The van der Waals surface area contributed by atoms with E-state index in [9.17, 15) is 9.18 Å². The van der Waals surface area contributed by atoms with Gasteiger partial charge in [-0.05, 0) is 32.0 Å². The highest BCUT2D eigenvalue weighted by molar-refractivity contribution is 6.34. The number of aryl methyl sites for hydroxylation is 2. The van der Waals surface area contributed by atoms with E-state index in [-0.39, 0.29) is 10.6 Å². The van der Waals surface area contributed by atoms with Gasteiger partial charge in [-0.1, -0.05) is 11.6 Å². The highest BCUT2D eigenvalue weighted by Crippen LogP contribution is 2.24. The third kappa shape index (κ3) is 3.88. The highest BCUT2D eigenvalue weighted by atomic mass is 35.5. The van der Waals surface area contributed by atoms with Gasteiger partial charge in [0.2, 0.25) is 5.95 Å². The first-order valence-electron chi connectivity index (χ1n) is 7.90. The van der Waals surface area contributed by atoms with Crippen molar-refractivity contribution >= 4 is 29.1 Å². The van der Waals surface area contributed by atoms with Crippen LogP contribution in [-0.2, 0) is 4.74 Å². The molecule has 0 unspecified atom stereocenters. The number of nitrogens with one attached hydrogen (secondary N) is 1. The van der Waals surface area contributed by atoms with Gasteiger partial charge in [-0.3, -0.25) is 4.79 Å². The third-order valence-corrected chi connectivity index (χ3v) is 4.28. The molecule has 1 N–H and O–H groups in total. The summed E-state index contributed by atoms with van der Waals surface area (Å²) in [6, 6.07) is 3.65. The molecule has 6 nitrogen and oxygen atoms in total. The topological polar surface area (TPSA) is 67.3 Å². The number of amides is 1. The molecule has 0 radical (unpaired) electrons. The second-order valence-corrected chi connectivity index (χ2v) is 6.15. The molecule has 2 aromatic rings. The van der Waals surface area contributed by atoms with E-state index in [1.54, 1.807) is 13.8 Å². The summed E-state index contributed by atoms with van der Waals surface area (Å²) in [5, 5.41) is 2.83. The lowest BCUT2D eigenvalue weighted by Gasteiger charge is -2.27. The van der Waals surface area contributed by atoms with E-state index in [2.05, 4.69) is 15.3 Å². The van der Waals surface area contributed by atoms with Gasteiger partial charge in [0.25, 0.3) is 5.91 Å². The van der Waals surface area contributed by atoms with Gasteiger partial charge in [0.05, 0.1) is 40.9 Å². The Hall–Kier alpha value is -2.25. The van der Waals surface area contributed by atoms with Crippen LogP contribution in [0.2, 0.25) is 5.02 Å². The van der Waals surface area contributed by atoms with Crippen molar-refractivity contribution in [1.82, 2.24) is 9.97 Å². The monoisotopic (exact) mass is 364 g/mol. The number of carbonyl (C=O) groups excluding carboxylic acids is 1. The van der Waals surface area contributed by atoms with Crippen molar-refractivity contribution in [1.29, 1.82) is 0 Å². The largest absolute Gasteiger partial charge is 0.378 e. The minimum absolute atomic E-state index is 0.0543. The number of morpholine rings is 1. The maximum absolute atomic E-state index is 13.1. The summed E-state index contributed by atoms with van der Waals surface area (Å²) >= 11 is 5.95. The quantitative estimate of drug-likeness (QED) is 0.906. The number of hydrogen-bond donors (Lipinski definition) is 1. The Bertz CT molecular complexity index is 786. The SMILES string of the molecule is Cc1nc(N2CCOCC2)nc(C)c1NC(=O)c1ccc(F)cc1Cl. The molecule has 1 aromatic carbocycles. The molecule has 25 heavy (non-hydrogen) atoms. The molecule has 0 spiro atoms. The van der Waals surface area contributed by atoms with E-state index in [1.165, 1.54) is 12.1 Å². The lowest BCUT2D eigenvalue weighted by molar-refractivity contribution is 0.102. The minimum Gasteiger partial charge on any atom is -0.378 e. The molecular weight excluding hydrogens is 347 g/mol. The number of aromatic nitrogens is 2. The smallest absolute Gasteiger partial charge is 0.257 e. The Balaban J connectivity index is 1.83. The number of nitrogens with zero attached hydrogens (tertiary/aromatic N) is 3. The number of carbonyl (C=O) groups is 1. The fourth-order valence-electron chi connectivity index (χ4n) is 2.64. The molecule has 1 aromatic heterocycles. The Morgan fingerprint density at radius 2 is 1.88 bits per heavy atom. The number of rotatable bonds is 3. The molecule has 132 valence electrons. The third-order valence-electron chi connectivity index (χ3n) is 3.97. The molecular formula is C17H18ClFN4O2. The summed E-state index contributed by atoms with van der Waals surface area (Å²) in [6.07, 6.45) is 0. The van der Waals surface area contributed by atoms with E-state index in [1.807, 2.05) is 4.90 Å². The van der Waals surface area contributed by atoms with Crippen LogP contribution in [0.25, 0.3) is 0 Å². The molecule has 2 heterocycles. The van der Waals surface area contributed by atoms with E-state index in [0.717, 1.165) is 19.2 Å². The van der Waals surface area contributed by atoms with Crippen molar-refractivity contribution in [3.8, 4) is 0 Å². The fourth-order valence-corrected chi connectivity index (χ4v) is 2.89. The van der Waals surface area contributed by atoms with Crippen LogP contribution in [-0.4, -0.2) is 42.2 Å². The van der Waals surface area contributed by atoms with Crippen molar-refractivity contribution in [2.75, 3.05) is 36.5 Å². The zero-order chi connectivity index (χ0) is 18.0. The summed E-state index contributed by atoms with van der Waals surface area (Å²) in [4.78, 5) is 23.5. The van der Waals surface area contributed by atoms with Crippen LogP contribution in [0.5, 0.6) is 0 Å². The van der Waals surface area contributed by atoms with Gasteiger partial charge >= 0.3 is 0 Å². The first kappa shape index (κ1) is 17.6. The van der Waals surface area contributed by atoms with Gasteiger partial charge in [0, 0.05) is 13.1 Å². The van der Waals surface area contributed by atoms with Crippen LogP contribution in [0.4, 0.5) is 16.0 Å². The zero-order valence-electron chi connectivity index (χ0n) is 14.0. The van der Waals surface area contributed by atoms with E-state index in [4.69, 9.17) is 16.3 Å². The predicted octanol–water partition coefficient (Wildman–Crippen LogP) is 2.97. The highest BCUT2D eigenvalue weighted by Gasteiger charge is 2.19. The number of hydrogen-bond acceptors (Lipinski definition) is 5. The van der Waals surface area contributed by atoms with Gasteiger partial charge in [0.15, 0.2) is 0 Å². The first-order chi connectivity index (χ1) is 12.0. The zero-order valence-corrected chi connectivity index (χ0v) is 14.7. The van der Waals surface area contributed by atoms with Crippen LogP contribution in [0.15, 0.2) is 18.2 Å². The van der Waals surface area contributed by atoms with Crippen LogP contribution in [0, 0.1) is 19.7 Å². The average molecular weight is 365 g/mol. The average Bonchev–Trinajstić information content (AvgIpc) is 2.58. The van der Waals surface area contributed by atoms with E-state index >= 15 is 0 Å². The summed E-state index contributed by atoms with van der Waals surface area (Å²) in [5.41, 5.74) is 2.03. The van der Waals surface area contributed by atoms with Crippen molar-refractivity contribution < 1.29 is 13.9 Å². The Labute approximate surface area is 150 Å². The van der Waals surface area contributed by atoms with Gasteiger partial charge < -0.3 is 15.0 Å². The normalized spacial score (nSPS) is 14.5. The molecule has 0 atom stereocenters. The summed E-state index contributed by atoms with van der Waals surface area (Å²) in [5.74, 6) is -0.304. The van der Waals surface area contributed by atoms with Crippen molar-refractivity contribution in [3.05, 3.63) is 46.0 Å². The van der Waals surface area contributed by atoms with Crippen LogP contribution in [0.3, 0.4) is 0 Å².